The molecule has 0 spiro atoms. The lowest BCUT2D eigenvalue weighted by Gasteiger charge is -2.30. The van der Waals surface area contributed by atoms with Crippen molar-refractivity contribution in [3.8, 4) is 0 Å². The Bertz CT molecular complexity index is 644. The van der Waals surface area contributed by atoms with Gasteiger partial charge in [-0.2, -0.15) is 0 Å². The van der Waals surface area contributed by atoms with Crippen molar-refractivity contribution in [1.82, 2.24) is 4.31 Å². The lowest BCUT2D eigenvalue weighted by atomic mass is 9.98. The summed E-state index contributed by atoms with van der Waals surface area (Å²) >= 11 is 0. The highest BCUT2D eigenvalue weighted by Crippen LogP contribution is 2.23. The van der Waals surface area contributed by atoms with Gasteiger partial charge in [0.15, 0.2) is 0 Å². The third-order valence-electron chi connectivity index (χ3n) is 3.72. The van der Waals surface area contributed by atoms with Crippen molar-refractivity contribution in [3.05, 3.63) is 29.8 Å². The molecule has 0 radical (unpaired) electrons. The number of piperidine rings is 1. The van der Waals surface area contributed by atoms with Gasteiger partial charge in [-0.3, -0.25) is 4.79 Å². The third-order valence-corrected chi connectivity index (χ3v) is 5.57. The summed E-state index contributed by atoms with van der Waals surface area (Å²) in [7, 11) is -3.37. The first-order valence-electron chi connectivity index (χ1n) is 7.08. The standard InChI is InChI=1S/C14H18F2N2O3S/c1-2-22(20,21)18-8-4-5-10(9-18)14(19)17-13-11(15)6-3-7-12(13)16/h3,6-7,10H,2,4-5,8-9H2,1H3,(H,17,19)/t10-/m1/s1. The first-order chi connectivity index (χ1) is 10.3. The molecule has 1 N–H and O–H groups in total. The summed E-state index contributed by atoms with van der Waals surface area (Å²) in [4.78, 5) is 12.2. The summed E-state index contributed by atoms with van der Waals surface area (Å²) in [5, 5.41) is 2.23. The van der Waals surface area contributed by atoms with Gasteiger partial charge in [0, 0.05) is 13.1 Å². The molecule has 1 amide bonds. The maximum Gasteiger partial charge on any atom is 0.228 e. The lowest BCUT2D eigenvalue weighted by Crippen LogP contribution is -2.44. The Morgan fingerprint density at radius 2 is 2.00 bits per heavy atom. The Kier molecular flexibility index (Phi) is 5.12. The molecule has 8 heteroatoms. The molecule has 1 heterocycles. The third kappa shape index (κ3) is 3.61. The summed E-state index contributed by atoms with van der Waals surface area (Å²) in [5.41, 5.74) is -0.497. The maximum absolute atomic E-state index is 13.5. The number of rotatable bonds is 4. The Hall–Kier alpha value is -1.54. The summed E-state index contributed by atoms with van der Waals surface area (Å²) in [6.07, 6.45) is 1.02. The van der Waals surface area contributed by atoms with E-state index < -0.39 is 39.2 Å². The summed E-state index contributed by atoms with van der Waals surface area (Å²) < 4.78 is 52.1. The zero-order chi connectivity index (χ0) is 16.3. The zero-order valence-corrected chi connectivity index (χ0v) is 13.0. The number of anilines is 1. The first-order valence-corrected chi connectivity index (χ1v) is 8.68. The van der Waals surface area contributed by atoms with Gasteiger partial charge in [-0.15, -0.1) is 0 Å². The van der Waals surface area contributed by atoms with E-state index in [9.17, 15) is 22.0 Å². The molecular weight excluding hydrogens is 314 g/mol. The molecule has 0 aromatic heterocycles. The van der Waals surface area contributed by atoms with E-state index in [1.165, 1.54) is 17.3 Å². The van der Waals surface area contributed by atoms with Crippen LogP contribution in [0.5, 0.6) is 0 Å². The van der Waals surface area contributed by atoms with E-state index in [-0.39, 0.29) is 12.3 Å². The zero-order valence-electron chi connectivity index (χ0n) is 12.2. The van der Waals surface area contributed by atoms with E-state index in [1.807, 2.05) is 0 Å². The normalized spacial score (nSPS) is 19.9. The molecule has 22 heavy (non-hydrogen) atoms. The van der Waals surface area contributed by atoms with Gasteiger partial charge in [0.1, 0.15) is 17.3 Å². The molecule has 1 fully saturated rings. The second-order valence-corrected chi connectivity index (χ2v) is 7.44. The number of para-hydroxylation sites is 1. The summed E-state index contributed by atoms with van der Waals surface area (Å²) in [6, 6.07) is 3.30. The fourth-order valence-electron chi connectivity index (χ4n) is 2.43. The van der Waals surface area contributed by atoms with E-state index in [0.29, 0.717) is 19.4 Å². The number of hydrogen-bond acceptors (Lipinski definition) is 3. The molecule has 5 nitrogen and oxygen atoms in total. The van der Waals surface area contributed by atoms with Crippen LogP contribution in [0, 0.1) is 17.6 Å². The Labute approximate surface area is 128 Å². The SMILES string of the molecule is CCS(=O)(=O)N1CCC[C@@H](C(=O)Nc2c(F)cccc2F)C1. The second-order valence-electron chi connectivity index (χ2n) is 5.18. The highest BCUT2D eigenvalue weighted by molar-refractivity contribution is 7.89. The molecule has 1 aromatic carbocycles. The van der Waals surface area contributed by atoms with Crippen LogP contribution in [0.4, 0.5) is 14.5 Å². The van der Waals surface area contributed by atoms with Gasteiger partial charge >= 0.3 is 0 Å². The molecule has 1 aliphatic heterocycles. The number of nitrogens with zero attached hydrogens (tertiary/aromatic N) is 1. The van der Waals surface area contributed by atoms with E-state index >= 15 is 0 Å². The van der Waals surface area contributed by atoms with Crippen LogP contribution in [0.15, 0.2) is 18.2 Å². The minimum atomic E-state index is -3.37. The molecule has 0 aliphatic carbocycles. The monoisotopic (exact) mass is 332 g/mol. The number of sulfonamides is 1. The minimum absolute atomic E-state index is 0.0384. The Morgan fingerprint density at radius 1 is 1.36 bits per heavy atom. The predicted molar refractivity (Wildman–Crippen MR) is 78.7 cm³/mol. The number of benzene rings is 1. The molecule has 1 aromatic rings. The Balaban J connectivity index is 2.10. The molecule has 0 bridgehead atoms. The van der Waals surface area contributed by atoms with Crippen molar-refractivity contribution in [2.45, 2.75) is 19.8 Å². The Morgan fingerprint density at radius 3 is 2.59 bits per heavy atom. The quantitative estimate of drug-likeness (QED) is 0.917. The van der Waals surface area contributed by atoms with Gasteiger partial charge in [-0.1, -0.05) is 6.07 Å². The highest BCUT2D eigenvalue weighted by atomic mass is 32.2. The number of amides is 1. The smallest absolute Gasteiger partial charge is 0.228 e. The minimum Gasteiger partial charge on any atom is -0.321 e. The van der Waals surface area contributed by atoms with E-state index in [0.717, 1.165) is 12.1 Å². The number of carbonyl (C=O) groups is 1. The highest BCUT2D eigenvalue weighted by Gasteiger charge is 2.32. The van der Waals surface area contributed by atoms with E-state index in [4.69, 9.17) is 0 Å². The molecule has 2 rings (SSSR count). The van der Waals surface area contributed by atoms with Crippen LogP contribution < -0.4 is 5.32 Å². The van der Waals surface area contributed by atoms with Crippen LogP contribution in [-0.2, 0) is 14.8 Å². The molecule has 1 aliphatic rings. The van der Waals surface area contributed by atoms with Crippen LogP contribution in [0.2, 0.25) is 0 Å². The van der Waals surface area contributed by atoms with Crippen molar-refractivity contribution in [3.63, 3.8) is 0 Å². The van der Waals surface area contributed by atoms with Crippen LogP contribution >= 0.6 is 0 Å². The van der Waals surface area contributed by atoms with Gasteiger partial charge in [0.05, 0.1) is 11.7 Å². The van der Waals surface area contributed by atoms with Gasteiger partial charge in [-0.25, -0.2) is 21.5 Å². The van der Waals surface area contributed by atoms with E-state index in [2.05, 4.69) is 5.32 Å². The van der Waals surface area contributed by atoms with Crippen LogP contribution in [0.3, 0.4) is 0 Å². The van der Waals surface area contributed by atoms with E-state index in [1.54, 1.807) is 0 Å². The largest absolute Gasteiger partial charge is 0.321 e. The molecule has 1 atom stereocenters. The fourth-order valence-corrected chi connectivity index (χ4v) is 3.61. The van der Waals surface area contributed by atoms with Gasteiger partial charge in [0.25, 0.3) is 0 Å². The predicted octanol–water partition coefficient (Wildman–Crippen LogP) is 1.96. The van der Waals surface area contributed by atoms with Crippen molar-refractivity contribution in [2.24, 2.45) is 5.92 Å². The van der Waals surface area contributed by atoms with Crippen molar-refractivity contribution in [2.75, 3.05) is 24.2 Å². The summed E-state index contributed by atoms with van der Waals surface area (Å²) in [6.45, 7) is 1.94. The average molecular weight is 332 g/mol. The lowest BCUT2D eigenvalue weighted by molar-refractivity contribution is -0.120. The number of nitrogens with one attached hydrogen (secondary N) is 1. The number of carbonyl (C=O) groups excluding carboxylic acids is 1. The molecule has 1 saturated heterocycles. The van der Waals surface area contributed by atoms with Crippen LogP contribution in [-0.4, -0.2) is 37.5 Å². The van der Waals surface area contributed by atoms with Crippen molar-refractivity contribution >= 4 is 21.6 Å². The van der Waals surface area contributed by atoms with Crippen molar-refractivity contribution < 1.29 is 22.0 Å². The number of halogens is 2. The fraction of sp³-hybridized carbons (Fsp3) is 0.500. The van der Waals surface area contributed by atoms with Gasteiger partial charge in [0.2, 0.25) is 15.9 Å². The summed E-state index contributed by atoms with van der Waals surface area (Å²) in [5.74, 6) is -2.94. The van der Waals surface area contributed by atoms with Gasteiger partial charge in [-0.05, 0) is 31.9 Å². The molecule has 0 unspecified atom stereocenters. The molecular formula is C14H18F2N2O3S. The average Bonchev–Trinajstić information content (AvgIpc) is 2.51. The van der Waals surface area contributed by atoms with Crippen LogP contribution in [0.25, 0.3) is 0 Å². The topological polar surface area (TPSA) is 66.5 Å². The second kappa shape index (κ2) is 6.70. The molecule has 0 saturated carbocycles. The van der Waals surface area contributed by atoms with Crippen LogP contribution in [0.1, 0.15) is 19.8 Å². The maximum atomic E-state index is 13.5. The first kappa shape index (κ1) is 16.8. The van der Waals surface area contributed by atoms with Crippen molar-refractivity contribution in [1.29, 1.82) is 0 Å². The van der Waals surface area contributed by atoms with Gasteiger partial charge < -0.3 is 5.32 Å². The number of hydrogen-bond donors (Lipinski definition) is 1. The molecule has 122 valence electrons.